The Labute approximate surface area is 184 Å². The molecule has 3 rings (SSSR count). The molecule has 3 nitrogen and oxygen atoms in total. The predicted octanol–water partition coefficient (Wildman–Crippen LogP) is 5.56. The number of hydrogen-bond acceptors (Lipinski definition) is 3. The Balaban J connectivity index is 1.70. The van der Waals surface area contributed by atoms with E-state index in [1.165, 1.54) is 37.7 Å². The zero-order chi connectivity index (χ0) is 22.1. The first-order chi connectivity index (χ1) is 14.0. The van der Waals surface area contributed by atoms with Crippen molar-refractivity contribution in [3.63, 3.8) is 0 Å². The van der Waals surface area contributed by atoms with Crippen LogP contribution in [0.4, 0.5) is 0 Å². The fraction of sp³-hybridized carbons (Fsp3) is 0.778. The standard InChI is InChI=1S/C27H44O3/c1-18(8-9-19(2)26(3,4)30)24-12-13-25-21(7-6-14-27(24,25)5)11-10-20-15-22(28)17-23(29)16-20/h8-9,11,15,18-19,22-25,28-30H,6-7,10,12-14,16-17H2,1-5H3/b9-8+,21-11+/t18-,19+,22-,23-,24-,25+,27-/m1/s1. The number of fused-ring (bicyclic) bond motifs is 1. The summed E-state index contributed by atoms with van der Waals surface area (Å²) in [4.78, 5) is 0. The van der Waals surface area contributed by atoms with E-state index in [0.29, 0.717) is 36.0 Å². The van der Waals surface area contributed by atoms with E-state index in [-0.39, 0.29) is 5.92 Å². The Bertz CT molecular complexity index is 683. The minimum Gasteiger partial charge on any atom is -0.393 e. The molecule has 0 heterocycles. The molecule has 0 radical (unpaired) electrons. The lowest BCUT2D eigenvalue weighted by atomic mass is 9.61. The summed E-state index contributed by atoms with van der Waals surface area (Å²) >= 11 is 0. The molecule has 0 spiro atoms. The molecule has 30 heavy (non-hydrogen) atoms. The molecular formula is C27H44O3. The van der Waals surface area contributed by atoms with Crippen LogP contribution in [0.1, 0.15) is 86.0 Å². The predicted molar refractivity (Wildman–Crippen MR) is 124 cm³/mol. The van der Waals surface area contributed by atoms with E-state index >= 15 is 0 Å². The molecule has 0 aliphatic heterocycles. The normalized spacial score (nSPS) is 38.5. The van der Waals surface area contributed by atoms with Crippen LogP contribution in [0.5, 0.6) is 0 Å². The highest BCUT2D eigenvalue weighted by molar-refractivity contribution is 5.23. The van der Waals surface area contributed by atoms with Crippen LogP contribution < -0.4 is 0 Å². The Morgan fingerprint density at radius 1 is 1.20 bits per heavy atom. The third-order valence-corrected chi connectivity index (χ3v) is 8.56. The SMILES string of the molecule is C[C@H](/C=C/[C@H](C)C(C)(C)O)[C@H]1CC[C@H]2/C(=C/CC3=C[C@@H](O)C[C@H](O)C3)CCC[C@]12C. The van der Waals surface area contributed by atoms with Crippen molar-refractivity contribution in [2.45, 2.75) is 104 Å². The van der Waals surface area contributed by atoms with Gasteiger partial charge >= 0.3 is 0 Å². The fourth-order valence-corrected chi connectivity index (χ4v) is 6.39. The van der Waals surface area contributed by atoms with Gasteiger partial charge in [-0.2, -0.15) is 0 Å². The topological polar surface area (TPSA) is 60.7 Å². The van der Waals surface area contributed by atoms with Crippen molar-refractivity contribution in [1.82, 2.24) is 0 Å². The van der Waals surface area contributed by atoms with Crippen LogP contribution in [0.3, 0.4) is 0 Å². The summed E-state index contributed by atoms with van der Waals surface area (Å²) in [5.74, 6) is 2.03. The molecule has 170 valence electrons. The summed E-state index contributed by atoms with van der Waals surface area (Å²) < 4.78 is 0. The Morgan fingerprint density at radius 3 is 2.60 bits per heavy atom. The monoisotopic (exact) mass is 416 g/mol. The lowest BCUT2D eigenvalue weighted by Crippen LogP contribution is -2.35. The average Bonchev–Trinajstić information content (AvgIpc) is 3.00. The zero-order valence-electron chi connectivity index (χ0n) is 19.8. The van der Waals surface area contributed by atoms with Crippen molar-refractivity contribution in [3.05, 3.63) is 35.5 Å². The molecule has 3 N–H and O–H groups in total. The van der Waals surface area contributed by atoms with Crippen LogP contribution in [0, 0.1) is 29.1 Å². The average molecular weight is 417 g/mol. The molecule has 0 bridgehead atoms. The molecule has 0 aromatic carbocycles. The Kier molecular flexibility index (Phi) is 7.37. The smallest absolute Gasteiger partial charge is 0.0748 e. The third kappa shape index (κ3) is 5.29. The molecule has 0 saturated heterocycles. The van der Waals surface area contributed by atoms with Crippen LogP contribution in [-0.2, 0) is 0 Å². The number of aliphatic hydroxyl groups is 3. The fourth-order valence-electron chi connectivity index (χ4n) is 6.39. The van der Waals surface area contributed by atoms with Crippen molar-refractivity contribution in [1.29, 1.82) is 0 Å². The molecule has 0 aromatic heterocycles. The van der Waals surface area contributed by atoms with Crippen molar-refractivity contribution in [2.75, 3.05) is 0 Å². The van der Waals surface area contributed by atoms with Gasteiger partial charge in [-0.3, -0.25) is 0 Å². The van der Waals surface area contributed by atoms with Crippen molar-refractivity contribution < 1.29 is 15.3 Å². The quantitative estimate of drug-likeness (QED) is 0.497. The summed E-state index contributed by atoms with van der Waals surface area (Å²) in [5, 5.41) is 30.1. The van der Waals surface area contributed by atoms with Gasteiger partial charge in [0.05, 0.1) is 17.8 Å². The van der Waals surface area contributed by atoms with Gasteiger partial charge in [-0.05, 0) is 82.0 Å². The number of allylic oxidation sites excluding steroid dienone is 3. The van der Waals surface area contributed by atoms with E-state index in [1.54, 1.807) is 5.57 Å². The van der Waals surface area contributed by atoms with E-state index in [4.69, 9.17) is 0 Å². The molecular weight excluding hydrogens is 372 g/mol. The van der Waals surface area contributed by atoms with Gasteiger partial charge in [0.25, 0.3) is 0 Å². The van der Waals surface area contributed by atoms with E-state index in [9.17, 15) is 15.3 Å². The third-order valence-electron chi connectivity index (χ3n) is 8.56. The molecule has 7 atom stereocenters. The maximum Gasteiger partial charge on any atom is 0.0748 e. The van der Waals surface area contributed by atoms with Crippen molar-refractivity contribution in [3.8, 4) is 0 Å². The molecule has 3 aliphatic carbocycles. The molecule has 2 saturated carbocycles. The summed E-state index contributed by atoms with van der Waals surface area (Å²) in [5.41, 5.74) is 2.48. The molecule has 3 aliphatic rings. The maximum atomic E-state index is 10.2. The Morgan fingerprint density at radius 2 is 1.93 bits per heavy atom. The highest BCUT2D eigenvalue weighted by atomic mass is 16.3. The molecule has 3 heteroatoms. The van der Waals surface area contributed by atoms with Crippen LogP contribution in [0.2, 0.25) is 0 Å². The lowest BCUT2D eigenvalue weighted by molar-refractivity contribution is 0.0436. The second-order valence-electron chi connectivity index (χ2n) is 11.3. The van der Waals surface area contributed by atoms with Crippen LogP contribution >= 0.6 is 0 Å². The number of rotatable bonds is 6. The van der Waals surface area contributed by atoms with E-state index < -0.39 is 17.8 Å². The van der Waals surface area contributed by atoms with Gasteiger partial charge in [-0.1, -0.05) is 56.2 Å². The molecule has 2 fully saturated rings. The summed E-state index contributed by atoms with van der Waals surface area (Å²) in [7, 11) is 0. The minimum absolute atomic E-state index is 0.154. The highest BCUT2D eigenvalue weighted by Crippen LogP contribution is 2.59. The van der Waals surface area contributed by atoms with E-state index in [1.807, 2.05) is 19.9 Å². The van der Waals surface area contributed by atoms with Crippen LogP contribution in [0.15, 0.2) is 35.5 Å². The largest absolute Gasteiger partial charge is 0.393 e. The minimum atomic E-state index is -0.673. The van der Waals surface area contributed by atoms with Gasteiger partial charge in [-0.15, -0.1) is 0 Å². The summed E-state index contributed by atoms with van der Waals surface area (Å²) in [6.07, 6.45) is 16.4. The molecule has 0 aromatic rings. The summed E-state index contributed by atoms with van der Waals surface area (Å²) in [6, 6.07) is 0. The van der Waals surface area contributed by atoms with Crippen molar-refractivity contribution in [2.24, 2.45) is 29.1 Å². The Hall–Kier alpha value is -0.900. The first-order valence-corrected chi connectivity index (χ1v) is 12.2. The number of aliphatic hydroxyl groups excluding tert-OH is 2. The van der Waals surface area contributed by atoms with Crippen molar-refractivity contribution >= 4 is 0 Å². The van der Waals surface area contributed by atoms with E-state index in [2.05, 4.69) is 39.0 Å². The van der Waals surface area contributed by atoms with Gasteiger partial charge in [0, 0.05) is 12.3 Å². The highest BCUT2D eigenvalue weighted by Gasteiger charge is 2.50. The van der Waals surface area contributed by atoms with Gasteiger partial charge in [0.2, 0.25) is 0 Å². The summed E-state index contributed by atoms with van der Waals surface area (Å²) in [6.45, 7) is 10.7. The first-order valence-electron chi connectivity index (χ1n) is 12.2. The second kappa shape index (κ2) is 9.30. The van der Waals surface area contributed by atoms with Gasteiger partial charge < -0.3 is 15.3 Å². The number of hydrogen-bond donors (Lipinski definition) is 3. The first kappa shape index (κ1) is 23.8. The van der Waals surface area contributed by atoms with Gasteiger partial charge in [-0.25, -0.2) is 0 Å². The van der Waals surface area contributed by atoms with Crippen LogP contribution in [-0.4, -0.2) is 33.1 Å². The van der Waals surface area contributed by atoms with Gasteiger partial charge in [0.15, 0.2) is 0 Å². The second-order valence-corrected chi connectivity index (χ2v) is 11.3. The van der Waals surface area contributed by atoms with E-state index in [0.717, 1.165) is 6.42 Å². The van der Waals surface area contributed by atoms with Crippen LogP contribution in [0.25, 0.3) is 0 Å². The maximum absolute atomic E-state index is 10.2. The van der Waals surface area contributed by atoms with Gasteiger partial charge in [0.1, 0.15) is 0 Å². The zero-order valence-corrected chi connectivity index (χ0v) is 19.8. The molecule has 0 unspecified atom stereocenters. The molecule has 0 amide bonds. The lowest BCUT2D eigenvalue weighted by Gasteiger charge is -2.44.